The fraction of sp³-hybridized carbons (Fsp3) is 0.588. The second-order valence-corrected chi connectivity index (χ2v) is 8.20. The van der Waals surface area contributed by atoms with Crippen molar-refractivity contribution < 1.29 is 18.3 Å². The number of aliphatic hydroxyl groups is 1. The quantitative estimate of drug-likeness (QED) is 0.772. The van der Waals surface area contributed by atoms with Gasteiger partial charge >= 0.3 is 0 Å². The summed E-state index contributed by atoms with van der Waals surface area (Å²) in [5.74, 6) is -0.124. The largest absolute Gasteiger partial charge is 0.394 e. The molecule has 24 heavy (non-hydrogen) atoms. The maximum atomic E-state index is 12.6. The molecular formula is C17H26N2O4S. The van der Waals surface area contributed by atoms with Crippen LogP contribution in [0.5, 0.6) is 0 Å². The minimum atomic E-state index is -3.40. The van der Waals surface area contributed by atoms with Crippen LogP contribution in [-0.4, -0.2) is 49.5 Å². The van der Waals surface area contributed by atoms with Crippen LogP contribution < -0.4 is 5.32 Å². The molecule has 1 amide bonds. The number of piperidine rings is 1. The highest BCUT2D eigenvalue weighted by Crippen LogP contribution is 2.21. The van der Waals surface area contributed by atoms with Crippen LogP contribution in [0.2, 0.25) is 0 Å². The molecule has 1 unspecified atom stereocenters. The standard InChI is InChI=1S/C17H26N2O4S/c1-14(13-20)18-17(21)10-7-15-5-8-16(9-6-15)24(22,23)19-11-3-2-4-12-19/h5-6,8-9,14,20H,2-4,7,10-13H2,1H3,(H,18,21). The molecule has 1 aliphatic heterocycles. The van der Waals surface area contributed by atoms with Gasteiger partial charge in [0.05, 0.1) is 11.5 Å². The Hall–Kier alpha value is -1.44. The second-order valence-electron chi connectivity index (χ2n) is 6.26. The molecule has 1 saturated heterocycles. The van der Waals surface area contributed by atoms with Gasteiger partial charge in [-0.1, -0.05) is 18.6 Å². The lowest BCUT2D eigenvalue weighted by Gasteiger charge is -2.25. The van der Waals surface area contributed by atoms with E-state index in [1.807, 2.05) is 0 Å². The molecule has 1 aliphatic rings. The zero-order valence-corrected chi connectivity index (χ0v) is 14.9. The molecule has 1 atom stereocenters. The number of aryl methyl sites for hydroxylation is 1. The Morgan fingerprint density at radius 2 is 1.83 bits per heavy atom. The maximum Gasteiger partial charge on any atom is 0.243 e. The Morgan fingerprint density at radius 1 is 1.21 bits per heavy atom. The van der Waals surface area contributed by atoms with Gasteiger partial charge in [0.2, 0.25) is 15.9 Å². The Balaban J connectivity index is 1.94. The van der Waals surface area contributed by atoms with Crippen LogP contribution in [0.3, 0.4) is 0 Å². The van der Waals surface area contributed by atoms with E-state index in [4.69, 9.17) is 5.11 Å². The third-order valence-electron chi connectivity index (χ3n) is 4.20. The van der Waals surface area contributed by atoms with Crippen molar-refractivity contribution in [1.29, 1.82) is 0 Å². The van der Waals surface area contributed by atoms with E-state index in [1.165, 1.54) is 0 Å². The van der Waals surface area contributed by atoms with Gasteiger partial charge in [0.1, 0.15) is 0 Å². The molecule has 7 heteroatoms. The highest BCUT2D eigenvalue weighted by molar-refractivity contribution is 7.89. The Morgan fingerprint density at radius 3 is 2.42 bits per heavy atom. The van der Waals surface area contributed by atoms with Crippen molar-refractivity contribution in [1.82, 2.24) is 9.62 Å². The first-order valence-electron chi connectivity index (χ1n) is 8.43. The molecule has 6 nitrogen and oxygen atoms in total. The van der Waals surface area contributed by atoms with Crippen LogP contribution in [0, 0.1) is 0 Å². The number of rotatable bonds is 7. The molecule has 0 saturated carbocycles. The molecule has 0 spiro atoms. The van der Waals surface area contributed by atoms with Gasteiger partial charge in [0, 0.05) is 25.6 Å². The van der Waals surface area contributed by atoms with E-state index in [9.17, 15) is 13.2 Å². The average Bonchev–Trinajstić information content (AvgIpc) is 2.61. The van der Waals surface area contributed by atoms with E-state index in [0.717, 1.165) is 24.8 Å². The van der Waals surface area contributed by atoms with Gasteiger partial charge in [-0.15, -0.1) is 0 Å². The number of carbonyl (C=O) groups excluding carboxylic acids is 1. The van der Waals surface area contributed by atoms with Crippen LogP contribution in [0.15, 0.2) is 29.2 Å². The Labute approximate surface area is 143 Å². The van der Waals surface area contributed by atoms with E-state index in [-0.39, 0.29) is 18.6 Å². The normalized spacial score (nSPS) is 17.4. The number of amides is 1. The molecular weight excluding hydrogens is 328 g/mol. The molecule has 134 valence electrons. The van der Waals surface area contributed by atoms with Crippen LogP contribution in [0.1, 0.15) is 38.2 Å². The highest BCUT2D eigenvalue weighted by Gasteiger charge is 2.25. The van der Waals surface area contributed by atoms with Crippen molar-refractivity contribution in [2.45, 2.75) is 50.0 Å². The molecule has 1 heterocycles. The minimum absolute atomic E-state index is 0.0885. The number of hydrogen-bond acceptors (Lipinski definition) is 4. The first kappa shape index (κ1) is 18.9. The predicted octanol–water partition coefficient (Wildman–Crippen LogP) is 1.29. The van der Waals surface area contributed by atoms with Gasteiger partial charge in [0.25, 0.3) is 0 Å². The summed E-state index contributed by atoms with van der Waals surface area (Å²) in [6.07, 6.45) is 3.76. The SMILES string of the molecule is CC(CO)NC(=O)CCc1ccc(S(=O)(=O)N2CCCCC2)cc1. The van der Waals surface area contributed by atoms with E-state index >= 15 is 0 Å². The number of sulfonamides is 1. The minimum Gasteiger partial charge on any atom is -0.394 e. The zero-order valence-electron chi connectivity index (χ0n) is 14.1. The summed E-state index contributed by atoms with van der Waals surface area (Å²) < 4.78 is 26.7. The number of aliphatic hydroxyl groups excluding tert-OH is 1. The van der Waals surface area contributed by atoms with Crippen molar-refractivity contribution in [3.05, 3.63) is 29.8 Å². The lowest BCUT2D eigenvalue weighted by Crippen LogP contribution is -2.35. The Bertz CT molecular complexity index is 637. The van der Waals surface area contributed by atoms with Crippen molar-refractivity contribution >= 4 is 15.9 Å². The molecule has 1 aromatic rings. The first-order valence-corrected chi connectivity index (χ1v) is 9.87. The lowest BCUT2D eigenvalue weighted by atomic mass is 10.1. The van der Waals surface area contributed by atoms with Crippen molar-refractivity contribution in [2.24, 2.45) is 0 Å². The fourth-order valence-electron chi connectivity index (χ4n) is 2.73. The zero-order chi connectivity index (χ0) is 17.6. The summed E-state index contributed by atoms with van der Waals surface area (Å²) in [5.41, 5.74) is 0.916. The number of benzene rings is 1. The fourth-order valence-corrected chi connectivity index (χ4v) is 4.25. The van der Waals surface area contributed by atoms with Gasteiger partial charge < -0.3 is 10.4 Å². The van der Waals surface area contributed by atoms with E-state index in [2.05, 4.69) is 5.32 Å². The number of nitrogens with zero attached hydrogens (tertiary/aromatic N) is 1. The molecule has 1 fully saturated rings. The second kappa shape index (κ2) is 8.60. The average molecular weight is 354 g/mol. The van der Waals surface area contributed by atoms with Gasteiger partial charge in [-0.3, -0.25) is 4.79 Å². The monoisotopic (exact) mass is 354 g/mol. The smallest absolute Gasteiger partial charge is 0.243 e. The van der Waals surface area contributed by atoms with Gasteiger partial charge in [-0.05, 0) is 43.9 Å². The van der Waals surface area contributed by atoms with Crippen molar-refractivity contribution in [2.75, 3.05) is 19.7 Å². The van der Waals surface area contributed by atoms with E-state index in [0.29, 0.717) is 30.8 Å². The summed E-state index contributed by atoms with van der Waals surface area (Å²) >= 11 is 0. The van der Waals surface area contributed by atoms with Crippen molar-refractivity contribution in [3.63, 3.8) is 0 Å². The molecule has 2 rings (SSSR count). The highest BCUT2D eigenvalue weighted by atomic mass is 32.2. The van der Waals surface area contributed by atoms with Crippen LogP contribution in [0.4, 0.5) is 0 Å². The Kier molecular flexibility index (Phi) is 6.77. The van der Waals surface area contributed by atoms with E-state index in [1.54, 1.807) is 35.5 Å². The molecule has 0 aliphatic carbocycles. The van der Waals surface area contributed by atoms with Crippen molar-refractivity contribution in [3.8, 4) is 0 Å². The summed E-state index contributed by atoms with van der Waals surface area (Å²) in [4.78, 5) is 12.0. The molecule has 0 aromatic heterocycles. The number of hydrogen-bond donors (Lipinski definition) is 2. The molecule has 1 aromatic carbocycles. The van der Waals surface area contributed by atoms with Crippen LogP contribution in [-0.2, 0) is 21.2 Å². The number of nitrogens with one attached hydrogen (secondary N) is 1. The third kappa shape index (κ3) is 5.03. The van der Waals surface area contributed by atoms with Crippen LogP contribution >= 0.6 is 0 Å². The number of carbonyl (C=O) groups is 1. The summed E-state index contributed by atoms with van der Waals surface area (Å²) in [6, 6.07) is 6.51. The van der Waals surface area contributed by atoms with Gasteiger partial charge in [-0.2, -0.15) is 4.31 Å². The van der Waals surface area contributed by atoms with E-state index < -0.39 is 10.0 Å². The third-order valence-corrected chi connectivity index (χ3v) is 6.11. The molecule has 0 radical (unpaired) electrons. The van der Waals surface area contributed by atoms with Gasteiger partial charge in [-0.25, -0.2) is 8.42 Å². The topological polar surface area (TPSA) is 86.7 Å². The predicted molar refractivity (Wildman–Crippen MR) is 92.1 cm³/mol. The summed E-state index contributed by atoms with van der Waals surface area (Å²) in [5, 5.41) is 11.6. The van der Waals surface area contributed by atoms with Gasteiger partial charge in [0.15, 0.2) is 0 Å². The lowest BCUT2D eigenvalue weighted by molar-refractivity contribution is -0.121. The molecule has 0 bridgehead atoms. The first-order chi connectivity index (χ1) is 11.4. The summed E-state index contributed by atoms with van der Waals surface area (Å²) in [6.45, 7) is 2.83. The summed E-state index contributed by atoms with van der Waals surface area (Å²) in [7, 11) is -3.40. The maximum absolute atomic E-state index is 12.6. The van der Waals surface area contributed by atoms with Crippen LogP contribution in [0.25, 0.3) is 0 Å². The molecule has 2 N–H and O–H groups in total.